The van der Waals surface area contributed by atoms with Crippen LogP contribution < -0.4 is 5.32 Å². The Morgan fingerprint density at radius 2 is 2.00 bits per heavy atom. The molecule has 0 radical (unpaired) electrons. The van der Waals surface area contributed by atoms with Gasteiger partial charge in [0.05, 0.1) is 11.6 Å². The van der Waals surface area contributed by atoms with Crippen LogP contribution in [0, 0.1) is 5.92 Å². The molecule has 2 aliphatic heterocycles. The number of halogens is 2. The van der Waals surface area contributed by atoms with Gasteiger partial charge in [-0.2, -0.15) is 0 Å². The number of nitrogens with zero attached hydrogens (tertiary/aromatic N) is 4. The van der Waals surface area contributed by atoms with Crippen LogP contribution in [0.25, 0.3) is 5.65 Å². The number of hydrogen-bond acceptors (Lipinski definition) is 4. The van der Waals surface area contributed by atoms with E-state index in [0.717, 1.165) is 70.0 Å². The number of amides is 1. The van der Waals surface area contributed by atoms with Gasteiger partial charge >= 0.3 is 0 Å². The highest BCUT2D eigenvalue weighted by atomic mass is 35.5. The van der Waals surface area contributed by atoms with Gasteiger partial charge in [0.25, 0.3) is 0 Å². The lowest BCUT2D eigenvalue weighted by atomic mass is 9.98. The normalized spacial score (nSPS) is 21.1. The fourth-order valence-electron chi connectivity index (χ4n) is 3.74. The number of imidazole rings is 1. The molecule has 0 spiro atoms. The Morgan fingerprint density at radius 3 is 2.69 bits per heavy atom. The minimum Gasteiger partial charge on any atom is -0.340 e. The molecule has 0 aliphatic carbocycles. The summed E-state index contributed by atoms with van der Waals surface area (Å²) >= 11 is 0. The first kappa shape index (κ1) is 21.0. The standard InChI is InChI=1S/C18H25N5O.2ClH/c24-18(15-4-3-6-19-12-15)22-10-8-21(9-11-22)13-16-14-23-7-2-1-5-17(23)20-16;;/h1-2,5,7,14-15,19H,3-4,6,8-13H2;2*1H. The first-order valence-corrected chi connectivity index (χ1v) is 8.94. The van der Waals surface area contributed by atoms with Gasteiger partial charge in [-0.15, -0.1) is 24.8 Å². The van der Waals surface area contributed by atoms with Crippen LogP contribution in [-0.4, -0.2) is 64.4 Å². The van der Waals surface area contributed by atoms with Crippen molar-refractivity contribution < 1.29 is 4.79 Å². The van der Waals surface area contributed by atoms with Crippen LogP contribution >= 0.6 is 24.8 Å². The Morgan fingerprint density at radius 1 is 1.19 bits per heavy atom. The summed E-state index contributed by atoms with van der Waals surface area (Å²) in [5, 5.41) is 3.34. The van der Waals surface area contributed by atoms with Gasteiger partial charge in [0.1, 0.15) is 5.65 Å². The predicted octanol–water partition coefficient (Wildman–Crippen LogP) is 1.82. The summed E-state index contributed by atoms with van der Waals surface area (Å²) in [5.74, 6) is 0.526. The third kappa shape index (κ3) is 4.68. The summed E-state index contributed by atoms with van der Waals surface area (Å²) in [7, 11) is 0. The quantitative estimate of drug-likeness (QED) is 0.854. The highest BCUT2D eigenvalue weighted by Crippen LogP contribution is 2.16. The summed E-state index contributed by atoms with van der Waals surface area (Å²) in [5.41, 5.74) is 2.09. The molecule has 1 N–H and O–H groups in total. The first-order chi connectivity index (χ1) is 11.8. The molecule has 4 rings (SSSR count). The lowest BCUT2D eigenvalue weighted by Crippen LogP contribution is -2.51. The smallest absolute Gasteiger partial charge is 0.227 e. The Bertz CT molecular complexity index is 675. The average molecular weight is 400 g/mol. The Kier molecular flexibility index (Phi) is 7.70. The number of hydrogen-bond donors (Lipinski definition) is 1. The second kappa shape index (κ2) is 9.55. The number of carbonyl (C=O) groups excluding carboxylic acids is 1. The van der Waals surface area contributed by atoms with Crippen LogP contribution in [0.1, 0.15) is 18.5 Å². The van der Waals surface area contributed by atoms with E-state index in [1.807, 2.05) is 24.4 Å². The molecule has 1 unspecified atom stereocenters. The van der Waals surface area contributed by atoms with Crippen LogP contribution in [0.3, 0.4) is 0 Å². The fourth-order valence-corrected chi connectivity index (χ4v) is 3.74. The predicted molar refractivity (Wildman–Crippen MR) is 107 cm³/mol. The third-order valence-corrected chi connectivity index (χ3v) is 5.13. The highest BCUT2D eigenvalue weighted by Gasteiger charge is 2.28. The largest absolute Gasteiger partial charge is 0.340 e. The van der Waals surface area contributed by atoms with Gasteiger partial charge in [-0.05, 0) is 31.5 Å². The van der Waals surface area contributed by atoms with E-state index in [0.29, 0.717) is 5.91 Å². The van der Waals surface area contributed by atoms with Crippen LogP contribution in [0.2, 0.25) is 0 Å². The number of carbonyl (C=O) groups is 1. The number of pyridine rings is 1. The lowest BCUT2D eigenvalue weighted by molar-refractivity contribution is -0.137. The second-order valence-corrected chi connectivity index (χ2v) is 6.84. The van der Waals surface area contributed by atoms with Crippen molar-refractivity contribution in [3.05, 3.63) is 36.3 Å². The van der Waals surface area contributed by atoms with E-state index in [2.05, 4.69) is 30.7 Å². The highest BCUT2D eigenvalue weighted by molar-refractivity contribution is 5.85. The molecule has 2 aliphatic rings. The Balaban J connectivity index is 0.00000121. The number of piperazine rings is 1. The van der Waals surface area contributed by atoms with E-state index in [4.69, 9.17) is 0 Å². The maximum Gasteiger partial charge on any atom is 0.227 e. The van der Waals surface area contributed by atoms with E-state index < -0.39 is 0 Å². The Hall–Kier alpha value is -1.34. The SMILES string of the molecule is Cl.Cl.O=C(C1CCCNC1)N1CCN(Cc2cn3ccccc3n2)CC1. The molecule has 0 bridgehead atoms. The van der Waals surface area contributed by atoms with E-state index in [1.165, 1.54) is 0 Å². The molecule has 1 atom stereocenters. The average Bonchev–Trinajstić information content (AvgIpc) is 3.05. The molecule has 2 aromatic rings. The number of fused-ring (bicyclic) bond motifs is 1. The van der Waals surface area contributed by atoms with Gasteiger partial charge < -0.3 is 14.6 Å². The summed E-state index contributed by atoms with van der Waals surface area (Å²) < 4.78 is 2.06. The zero-order chi connectivity index (χ0) is 16.4. The zero-order valence-electron chi connectivity index (χ0n) is 14.8. The van der Waals surface area contributed by atoms with E-state index in [1.54, 1.807) is 0 Å². The van der Waals surface area contributed by atoms with Crippen molar-refractivity contribution in [2.45, 2.75) is 19.4 Å². The van der Waals surface area contributed by atoms with Crippen LogP contribution in [0.15, 0.2) is 30.6 Å². The summed E-state index contributed by atoms with van der Waals surface area (Å²) in [6.45, 7) is 6.29. The second-order valence-electron chi connectivity index (χ2n) is 6.84. The van der Waals surface area contributed by atoms with Gasteiger partial charge in [0.15, 0.2) is 0 Å². The van der Waals surface area contributed by atoms with E-state index in [-0.39, 0.29) is 30.7 Å². The van der Waals surface area contributed by atoms with Crippen molar-refractivity contribution in [2.24, 2.45) is 5.92 Å². The van der Waals surface area contributed by atoms with Crippen molar-refractivity contribution in [3.63, 3.8) is 0 Å². The molecule has 2 fully saturated rings. The van der Waals surface area contributed by atoms with E-state index in [9.17, 15) is 4.79 Å². The number of piperidine rings is 1. The minimum atomic E-state index is 0. The van der Waals surface area contributed by atoms with Gasteiger partial charge in [0, 0.05) is 51.7 Å². The summed E-state index contributed by atoms with van der Waals surface area (Å²) in [6.07, 6.45) is 6.28. The van der Waals surface area contributed by atoms with Gasteiger partial charge in [0.2, 0.25) is 5.91 Å². The molecule has 4 heterocycles. The molecule has 0 aromatic carbocycles. The monoisotopic (exact) mass is 399 g/mol. The maximum atomic E-state index is 12.6. The van der Waals surface area contributed by atoms with Crippen LogP contribution in [0.4, 0.5) is 0 Å². The molecule has 144 valence electrons. The number of nitrogens with one attached hydrogen (secondary N) is 1. The van der Waals surface area contributed by atoms with Crippen molar-refractivity contribution in [1.82, 2.24) is 24.5 Å². The maximum absolute atomic E-state index is 12.6. The lowest BCUT2D eigenvalue weighted by Gasteiger charge is -2.37. The van der Waals surface area contributed by atoms with Gasteiger partial charge in [-0.1, -0.05) is 6.07 Å². The van der Waals surface area contributed by atoms with Crippen molar-refractivity contribution in [2.75, 3.05) is 39.3 Å². The molecular formula is C18H27Cl2N5O. The molecule has 2 aromatic heterocycles. The molecule has 26 heavy (non-hydrogen) atoms. The van der Waals surface area contributed by atoms with Crippen molar-refractivity contribution in [1.29, 1.82) is 0 Å². The molecule has 8 heteroatoms. The molecular weight excluding hydrogens is 373 g/mol. The minimum absolute atomic E-state index is 0. The number of rotatable bonds is 3. The molecule has 1 amide bonds. The zero-order valence-corrected chi connectivity index (χ0v) is 16.5. The van der Waals surface area contributed by atoms with Crippen LogP contribution in [0.5, 0.6) is 0 Å². The van der Waals surface area contributed by atoms with E-state index >= 15 is 0 Å². The molecule has 0 saturated carbocycles. The van der Waals surface area contributed by atoms with Crippen molar-refractivity contribution in [3.8, 4) is 0 Å². The first-order valence-electron chi connectivity index (χ1n) is 8.94. The number of aromatic nitrogens is 2. The molecule has 2 saturated heterocycles. The molecule has 6 nitrogen and oxygen atoms in total. The fraction of sp³-hybridized carbons (Fsp3) is 0.556. The van der Waals surface area contributed by atoms with Crippen LogP contribution in [-0.2, 0) is 11.3 Å². The van der Waals surface area contributed by atoms with Gasteiger partial charge in [-0.25, -0.2) is 4.98 Å². The third-order valence-electron chi connectivity index (χ3n) is 5.13. The van der Waals surface area contributed by atoms with Crippen molar-refractivity contribution >= 4 is 36.4 Å². The van der Waals surface area contributed by atoms with Gasteiger partial charge in [-0.3, -0.25) is 9.69 Å². The summed E-state index contributed by atoms with van der Waals surface area (Å²) in [6, 6.07) is 6.05. The Labute approximate surface area is 166 Å². The summed E-state index contributed by atoms with van der Waals surface area (Å²) in [4.78, 5) is 21.7. The topological polar surface area (TPSA) is 52.9 Å².